The van der Waals surface area contributed by atoms with Crippen molar-refractivity contribution in [3.8, 4) is 45.3 Å². The number of nitrogens with zero attached hydrogens (tertiary/aromatic N) is 1. The van der Waals surface area contributed by atoms with Gasteiger partial charge in [-0.1, -0.05) is 54.6 Å². The zero-order chi connectivity index (χ0) is 27.5. The third-order valence-corrected chi connectivity index (χ3v) is 6.75. The molecule has 4 aromatic carbocycles. The minimum absolute atomic E-state index is 0.217. The average molecular weight is 526 g/mol. The average Bonchev–Trinajstić information content (AvgIpc) is 2.98. The first kappa shape index (κ1) is 25.9. The van der Waals surface area contributed by atoms with Gasteiger partial charge in [0.05, 0.1) is 51.5 Å². The van der Waals surface area contributed by atoms with Crippen LogP contribution in [0.1, 0.15) is 5.56 Å². The van der Waals surface area contributed by atoms with Crippen LogP contribution in [0.3, 0.4) is 0 Å². The van der Waals surface area contributed by atoms with Crippen LogP contribution < -0.4 is 24.5 Å². The fourth-order valence-corrected chi connectivity index (χ4v) is 4.93. The van der Waals surface area contributed by atoms with Crippen LogP contribution in [0, 0.1) is 5.82 Å². The maximum atomic E-state index is 14.5. The molecule has 0 bridgehead atoms. The lowest BCUT2D eigenvalue weighted by molar-refractivity contribution is 0.327. The van der Waals surface area contributed by atoms with Crippen LogP contribution in [0.15, 0.2) is 89.7 Å². The first-order valence-electron chi connectivity index (χ1n) is 12.3. The lowest BCUT2D eigenvalue weighted by Gasteiger charge is -2.23. The Bertz CT molecular complexity index is 1680. The molecular weight excluding hydrogens is 497 g/mol. The zero-order valence-corrected chi connectivity index (χ0v) is 22.2. The highest BCUT2D eigenvalue weighted by Crippen LogP contribution is 2.48. The van der Waals surface area contributed by atoms with Crippen molar-refractivity contribution in [1.82, 2.24) is 4.57 Å². The summed E-state index contributed by atoms with van der Waals surface area (Å²) in [5, 5.41) is 0.642. The Morgan fingerprint density at radius 3 is 1.90 bits per heavy atom. The molecule has 1 heterocycles. The molecule has 6 nitrogen and oxygen atoms in total. The van der Waals surface area contributed by atoms with Crippen LogP contribution in [-0.4, -0.2) is 33.0 Å². The largest absolute Gasteiger partial charge is 0.497 e. The molecule has 1 aromatic heterocycles. The zero-order valence-electron chi connectivity index (χ0n) is 22.2. The van der Waals surface area contributed by atoms with Crippen molar-refractivity contribution in [2.75, 3.05) is 28.4 Å². The van der Waals surface area contributed by atoms with Gasteiger partial charge in [-0.25, -0.2) is 4.39 Å². The van der Waals surface area contributed by atoms with Crippen molar-refractivity contribution >= 4 is 10.9 Å². The van der Waals surface area contributed by atoms with Crippen molar-refractivity contribution in [2.45, 2.75) is 6.54 Å². The Hall–Kier alpha value is -4.78. The topological polar surface area (TPSA) is 58.9 Å². The Morgan fingerprint density at radius 1 is 0.692 bits per heavy atom. The van der Waals surface area contributed by atoms with E-state index in [1.165, 1.54) is 26.4 Å². The molecule has 5 rings (SSSR count). The second kappa shape index (κ2) is 10.9. The second-order valence-electron chi connectivity index (χ2n) is 8.90. The summed E-state index contributed by atoms with van der Waals surface area (Å²) in [6, 6.07) is 24.9. The number of hydrogen-bond donors (Lipinski definition) is 0. The van der Waals surface area contributed by atoms with Crippen molar-refractivity contribution in [3.63, 3.8) is 0 Å². The van der Waals surface area contributed by atoms with E-state index < -0.39 is 0 Å². The van der Waals surface area contributed by atoms with Gasteiger partial charge in [0.15, 0.2) is 11.5 Å². The second-order valence-corrected chi connectivity index (χ2v) is 8.90. The summed E-state index contributed by atoms with van der Waals surface area (Å²) in [4.78, 5) is 14.5. The van der Waals surface area contributed by atoms with E-state index in [2.05, 4.69) is 0 Å². The third-order valence-electron chi connectivity index (χ3n) is 6.75. The van der Waals surface area contributed by atoms with E-state index in [1.54, 1.807) is 49.1 Å². The molecule has 39 heavy (non-hydrogen) atoms. The van der Waals surface area contributed by atoms with Gasteiger partial charge in [-0.2, -0.15) is 0 Å². The van der Waals surface area contributed by atoms with Gasteiger partial charge in [-0.05, 0) is 41.0 Å². The van der Waals surface area contributed by atoms with E-state index in [1.807, 2.05) is 42.5 Å². The van der Waals surface area contributed by atoms with E-state index in [4.69, 9.17) is 18.9 Å². The highest BCUT2D eigenvalue weighted by atomic mass is 19.1. The predicted molar refractivity (Wildman–Crippen MR) is 151 cm³/mol. The first-order chi connectivity index (χ1) is 19.0. The molecule has 0 saturated heterocycles. The molecule has 0 spiro atoms. The molecule has 7 heteroatoms. The summed E-state index contributed by atoms with van der Waals surface area (Å²) in [7, 11) is 6.21. The molecule has 0 radical (unpaired) electrons. The summed E-state index contributed by atoms with van der Waals surface area (Å²) in [6.07, 6.45) is 0. The molecular formula is C32H28FNO5. The van der Waals surface area contributed by atoms with E-state index >= 15 is 0 Å². The lowest BCUT2D eigenvalue weighted by atomic mass is 9.91. The van der Waals surface area contributed by atoms with Gasteiger partial charge in [0.25, 0.3) is 5.56 Å². The Kier molecular flexibility index (Phi) is 7.23. The summed E-state index contributed by atoms with van der Waals surface area (Å²) in [5.74, 6) is 1.50. The summed E-state index contributed by atoms with van der Waals surface area (Å²) in [5.41, 5.74) is 3.70. The van der Waals surface area contributed by atoms with Gasteiger partial charge >= 0.3 is 0 Å². The molecule has 0 N–H and O–H groups in total. The monoisotopic (exact) mass is 525 g/mol. The molecule has 0 aliphatic rings. The van der Waals surface area contributed by atoms with Crippen LogP contribution in [0.4, 0.5) is 4.39 Å². The number of rotatable bonds is 8. The number of ether oxygens (including phenoxy) is 4. The number of benzene rings is 4. The summed E-state index contributed by atoms with van der Waals surface area (Å²) in [6.45, 7) is 0.307. The number of halogens is 1. The van der Waals surface area contributed by atoms with Crippen molar-refractivity contribution < 1.29 is 23.3 Å². The molecule has 0 atom stereocenters. The van der Waals surface area contributed by atoms with Crippen LogP contribution >= 0.6 is 0 Å². The molecule has 5 aromatic rings. The van der Waals surface area contributed by atoms with Crippen molar-refractivity contribution in [3.05, 3.63) is 107 Å². The summed E-state index contributed by atoms with van der Waals surface area (Å²) >= 11 is 0. The molecule has 0 aliphatic carbocycles. The summed E-state index contributed by atoms with van der Waals surface area (Å²) < 4.78 is 38.4. The minimum atomic E-state index is -0.377. The number of pyridine rings is 1. The SMILES string of the molecule is COc1ccc(-c2c(-c3ccc(F)cc3)c3c(OC)c(OC)c(OC)cc3n(Cc3ccccc3)c2=O)cc1. The van der Waals surface area contributed by atoms with Crippen LogP contribution in [0.5, 0.6) is 23.0 Å². The maximum Gasteiger partial charge on any atom is 0.259 e. The van der Waals surface area contributed by atoms with Crippen molar-refractivity contribution in [1.29, 1.82) is 0 Å². The highest BCUT2D eigenvalue weighted by Gasteiger charge is 2.27. The quantitative estimate of drug-likeness (QED) is 0.230. The van der Waals surface area contributed by atoms with Gasteiger partial charge < -0.3 is 23.5 Å². The van der Waals surface area contributed by atoms with E-state index in [0.29, 0.717) is 62.7 Å². The van der Waals surface area contributed by atoms with Crippen LogP contribution in [-0.2, 0) is 6.54 Å². The lowest BCUT2D eigenvalue weighted by Crippen LogP contribution is -2.24. The highest BCUT2D eigenvalue weighted by molar-refractivity contribution is 6.07. The molecule has 0 unspecified atom stereocenters. The number of fused-ring (bicyclic) bond motifs is 1. The van der Waals surface area contributed by atoms with E-state index in [-0.39, 0.29) is 11.4 Å². The third kappa shape index (κ3) is 4.68. The van der Waals surface area contributed by atoms with Crippen molar-refractivity contribution in [2.24, 2.45) is 0 Å². The Balaban J connectivity index is 2.00. The molecule has 0 amide bonds. The van der Waals surface area contributed by atoms with Crippen LogP contribution in [0.25, 0.3) is 33.2 Å². The smallest absolute Gasteiger partial charge is 0.259 e. The molecule has 198 valence electrons. The van der Waals surface area contributed by atoms with E-state index in [9.17, 15) is 9.18 Å². The predicted octanol–water partition coefficient (Wildman–Crippen LogP) is 6.56. The van der Waals surface area contributed by atoms with Gasteiger partial charge in [0, 0.05) is 11.6 Å². The number of hydrogen-bond acceptors (Lipinski definition) is 5. The van der Waals surface area contributed by atoms with E-state index in [0.717, 1.165) is 5.56 Å². The molecule has 0 saturated carbocycles. The van der Waals surface area contributed by atoms with Gasteiger partial charge in [0.1, 0.15) is 11.6 Å². The maximum absolute atomic E-state index is 14.5. The molecule has 0 fully saturated rings. The minimum Gasteiger partial charge on any atom is -0.497 e. The Morgan fingerprint density at radius 2 is 1.31 bits per heavy atom. The fraction of sp³-hybridized carbons (Fsp3) is 0.156. The van der Waals surface area contributed by atoms with Gasteiger partial charge in [0.2, 0.25) is 5.75 Å². The van der Waals surface area contributed by atoms with Gasteiger partial charge in [-0.3, -0.25) is 4.79 Å². The normalized spacial score (nSPS) is 10.9. The van der Waals surface area contributed by atoms with Gasteiger partial charge in [-0.15, -0.1) is 0 Å². The standard InChI is InChI=1S/C32H28FNO5/c1-36-24-16-12-22(13-17-24)28-27(21-10-14-23(33)15-11-21)29-25(18-26(37-2)30(38-3)31(29)39-4)34(32(28)35)19-20-8-6-5-7-9-20/h5-18H,19H2,1-4H3. The fourth-order valence-electron chi connectivity index (χ4n) is 4.93. The number of methoxy groups -OCH3 is 4. The number of aromatic nitrogens is 1. The Labute approximate surface area is 225 Å². The first-order valence-corrected chi connectivity index (χ1v) is 12.3. The molecule has 0 aliphatic heterocycles. The van der Waals surface area contributed by atoms with Crippen LogP contribution in [0.2, 0.25) is 0 Å².